The molecule has 4 heterocycles. The van der Waals surface area contributed by atoms with E-state index in [9.17, 15) is 4.79 Å². The number of benzene rings is 1. The Morgan fingerprint density at radius 1 is 1.26 bits per heavy atom. The molecule has 160 valence electrons. The van der Waals surface area contributed by atoms with Crippen molar-refractivity contribution in [1.82, 2.24) is 34.7 Å². The van der Waals surface area contributed by atoms with Crippen LogP contribution in [-0.2, 0) is 11.3 Å². The van der Waals surface area contributed by atoms with Crippen LogP contribution in [0.15, 0.2) is 28.9 Å². The molecule has 0 radical (unpaired) electrons. The average Bonchev–Trinajstić information content (AvgIpc) is 3.31. The van der Waals surface area contributed by atoms with Crippen LogP contribution in [0.2, 0.25) is 0 Å². The first-order chi connectivity index (χ1) is 15.0. The fourth-order valence-electron chi connectivity index (χ4n) is 3.94. The third kappa shape index (κ3) is 3.54. The smallest absolute Gasteiger partial charge is 0.242 e. The molecule has 0 bridgehead atoms. The molecule has 1 aromatic carbocycles. The molecular formula is C21H23BrN8O. The minimum atomic E-state index is -0.365. The van der Waals surface area contributed by atoms with Crippen molar-refractivity contribution in [2.24, 2.45) is 0 Å². The number of hydrogen-bond donors (Lipinski definition) is 2. The number of hydrogen-bond acceptors (Lipinski definition) is 6. The topological polar surface area (TPSA) is 102 Å². The minimum Gasteiger partial charge on any atom is -0.354 e. The van der Waals surface area contributed by atoms with E-state index in [-0.39, 0.29) is 11.9 Å². The van der Waals surface area contributed by atoms with Gasteiger partial charge in [-0.2, -0.15) is 9.61 Å². The quantitative estimate of drug-likeness (QED) is 0.462. The minimum absolute atomic E-state index is 0.0138. The van der Waals surface area contributed by atoms with E-state index in [0.717, 1.165) is 52.4 Å². The first-order valence-corrected chi connectivity index (χ1v) is 11.3. The first-order valence-electron chi connectivity index (χ1n) is 10.5. The summed E-state index contributed by atoms with van der Waals surface area (Å²) in [5.74, 6) is 1.07. The molecule has 0 aliphatic carbocycles. The maximum Gasteiger partial charge on any atom is 0.242 e. The highest BCUT2D eigenvalue weighted by Gasteiger charge is 2.24. The Bertz CT molecular complexity index is 1290. The number of halogens is 1. The second kappa shape index (κ2) is 7.92. The van der Waals surface area contributed by atoms with Crippen molar-refractivity contribution in [2.45, 2.75) is 45.7 Å². The van der Waals surface area contributed by atoms with Crippen molar-refractivity contribution in [2.75, 3.05) is 11.9 Å². The Balaban J connectivity index is 1.69. The Morgan fingerprint density at radius 2 is 2.13 bits per heavy atom. The molecular weight excluding hydrogens is 460 g/mol. The number of aromatic nitrogens is 6. The summed E-state index contributed by atoms with van der Waals surface area (Å²) in [5.41, 5.74) is 3.20. The van der Waals surface area contributed by atoms with Gasteiger partial charge < -0.3 is 10.6 Å². The lowest BCUT2D eigenvalue weighted by Crippen LogP contribution is -2.38. The fourth-order valence-corrected chi connectivity index (χ4v) is 4.39. The van der Waals surface area contributed by atoms with Gasteiger partial charge in [-0.1, -0.05) is 6.07 Å². The summed E-state index contributed by atoms with van der Waals surface area (Å²) >= 11 is 3.60. The lowest BCUT2D eigenvalue weighted by molar-refractivity contribution is -0.121. The standard InChI is InChI=1S/C21H23BrN8O/c1-3-29-11-14(12(2)27-29)18-26-19-13-7-6-8-15(22)17(13)25-21(30(19)28-18)24-16-9-4-5-10-23-20(16)31/h6-8,11,16H,3-5,9-10H2,1-2H3,(H,23,31)(H,24,25)/t16-/m1/s1. The van der Waals surface area contributed by atoms with Crippen LogP contribution in [0.1, 0.15) is 31.9 Å². The zero-order valence-corrected chi connectivity index (χ0v) is 19.0. The van der Waals surface area contributed by atoms with Crippen molar-refractivity contribution >= 4 is 44.3 Å². The van der Waals surface area contributed by atoms with Crippen molar-refractivity contribution in [1.29, 1.82) is 0 Å². The third-order valence-electron chi connectivity index (χ3n) is 5.60. The van der Waals surface area contributed by atoms with Crippen molar-refractivity contribution in [3.8, 4) is 11.4 Å². The van der Waals surface area contributed by atoms with E-state index in [0.29, 0.717) is 24.0 Å². The highest BCUT2D eigenvalue weighted by Crippen LogP contribution is 2.29. The molecule has 2 N–H and O–H groups in total. The van der Waals surface area contributed by atoms with Crippen LogP contribution in [0.3, 0.4) is 0 Å². The van der Waals surface area contributed by atoms with E-state index in [2.05, 4.69) is 31.7 Å². The molecule has 3 aromatic heterocycles. The van der Waals surface area contributed by atoms with Crippen LogP contribution < -0.4 is 10.6 Å². The van der Waals surface area contributed by atoms with Crippen LogP contribution in [0.25, 0.3) is 27.9 Å². The maximum absolute atomic E-state index is 12.5. The van der Waals surface area contributed by atoms with E-state index in [1.807, 2.05) is 42.9 Å². The molecule has 1 fully saturated rings. The zero-order valence-electron chi connectivity index (χ0n) is 17.4. The van der Waals surface area contributed by atoms with Gasteiger partial charge in [0.15, 0.2) is 11.5 Å². The molecule has 1 aliphatic rings. The summed E-state index contributed by atoms with van der Waals surface area (Å²) in [5, 5.41) is 16.5. The van der Waals surface area contributed by atoms with Crippen LogP contribution in [0.4, 0.5) is 5.95 Å². The van der Waals surface area contributed by atoms with Gasteiger partial charge in [0.05, 0.1) is 16.8 Å². The molecule has 10 heteroatoms. The highest BCUT2D eigenvalue weighted by molar-refractivity contribution is 9.10. The third-order valence-corrected chi connectivity index (χ3v) is 6.24. The number of carbonyl (C=O) groups excluding carboxylic acids is 1. The number of amides is 1. The van der Waals surface area contributed by atoms with Gasteiger partial charge in [-0.15, -0.1) is 5.10 Å². The zero-order chi connectivity index (χ0) is 21.5. The van der Waals surface area contributed by atoms with Gasteiger partial charge in [0, 0.05) is 29.1 Å². The van der Waals surface area contributed by atoms with Crippen LogP contribution >= 0.6 is 15.9 Å². The second-order valence-electron chi connectivity index (χ2n) is 7.71. The van der Waals surface area contributed by atoms with E-state index >= 15 is 0 Å². The van der Waals surface area contributed by atoms with Crippen molar-refractivity contribution in [3.63, 3.8) is 0 Å². The number of carbonyl (C=O) groups is 1. The van der Waals surface area contributed by atoms with E-state index in [1.165, 1.54) is 0 Å². The Kier molecular flexibility index (Phi) is 5.09. The molecule has 4 aromatic rings. The van der Waals surface area contributed by atoms with Crippen LogP contribution in [-0.4, -0.2) is 47.9 Å². The summed E-state index contributed by atoms with van der Waals surface area (Å²) < 4.78 is 4.43. The molecule has 1 aliphatic heterocycles. The molecule has 5 rings (SSSR count). The van der Waals surface area contributed by atoms with E-state index in [4.69, 9.17) is 15.1 Å². The van der Waals surface area contributed by atoms with Gasteiger partial charge in [-0.3, -0.25) is 9.48 Å². The Hall–Kier alpha value is -3.01. The number of aryl methyl sites for hydroxylation is 2. The molecule has 31 heavy (non-hydrogen) atoms. The fraction of sp³-hybridized carbons (Fsp3) is 0.381. The lowest BCUT2D eigenvalue weighted by atomic mass is 10.1. The summed E-state index contributed by atoms with van der Waals surface area (Å²) in [6.45, 7) is 5.48. The molecule has 1 amide bonds. The summed E-state index contributed by atoms with van der Waals surface area (Å²) in [6.07, 6.45) is 4.65. The van der Waals surface area contributed by atoms with Gasteiger partial charge >= 0.3 is 0 Å². The normalized spacial score (nSPS) is 17.1. The molecule has 1 saturated heterocycles. The van der Waals surface area contributed by atoms with Gasteiger partial charge in [0.25, 0.3) is 0 Å². The largest absolute Gasteiger partial charge is 0.354 e. The molecule has 0 spiro atoms. The average molecular weight is 483 g/mol. The number of anilines is 1. The van der Waals surface area contributed by atoms with Crippen LogP contribution in [0, 0.1) is 6.92 Å². The number of para-hydroxylation sites is 1. The van der Waals surface area contributed by atoms with E-state index < -0.39 is 0 Å². The number of nitrogens with one attached hydrogen (secondary N) is 2. The summed E-state index contributed by atoms with van der Waals surface area (Å²) in [4.78, 5) is 22.2. The van der Waals surface area contributed by atoms with E-state index in [1.54, 1.807) is 4.52 Å². The molecule has 1 atom stereocenters. The number of rotatable bonds is 4. The first kappa shape index (κ1) is 19.9. The maximum atomic E-state index is 12.5. The van der Waals surface area contributed by atoms with Gasteiger partial charge in [0.2, 0.25) is 11.9 Å². The number of fused-ring (bicyclic) bond motifs is 3. The summed E-state index contributed by atoms with van der Waals surface area (Å²) in [6, 6.07) is 5.51. The Labute approximate surface area is 187 Å². The predicted octanol–water partition coefficient (Wildman–Crippen LogP) is 3.31. The van der Waals surface area contributed by atoms with Gasteiger partial charge in [-0.05, 0) is 61.2 Å². The predicted molar refractivity (Wildman–Crippen MR) is 122 cm³/mol. The molecule has 0 unspecified atom stereocenters. The lowest BCUT2D eigenvalue weighted by Gasteiger charge is -2.17. The monoisotopic (exact) mass is 482 g/mol. The number of nitrogens with zero attached hydrogens (tertiary/aromatic N) is 6. The SMILES string of the molecule is CCn1cc(-c2nc3c4cccc(Br)c4nc(N[C@@H]4CCCCNC4=O)n3n2)c(C)n1. The second-order valence-corrected chi connectivity index (χ2v) is 8.56. The molecule has 9 nitrogen and oxygen atoms in total. The van der Waals surface area contributed by atoms with Gasteiger partial charge in [-0.25, -0.2) is 9.97 Å². The van der Waals surface area contributed by atoms with Crippen molar-refractivity contribution in [3.05, 3.63) is 34.6 Å². The van der Waals surface area contributed by atoms with Crippen LogP contribution in [0.5, 0.6) is 0 Å². The Morgan fingerprint density at radius 3 is 2.94 bits per heavy atom. The molecule has 0 saturated carbocycles. The summed E-state index contributed by atoms with van der Waals surface area (Å²) in [7, 11) is 0. The highest BCUT2D eigenvalue weighted by atomic mass is 79.9. The van der Waals surface area contributed by atoms with Crippen molar-refractivity contribution < 1.29 is 4.79 Å². The van der Waals surface area contributed by atoms with Gasteiger partial charge in [0.1, 0.15) is 6.04 Å².